The first-order chi connectivity index (χ1) is 10.6. The van der Waals surface area contributed by atoms with Gasteiger partial charge >= 0.3 is 0 Å². The van der Waals surface area contributed by atoms with Crippen LogP contribution in [0.5, 0.6) is 0 Å². The summed E-state index contributed by atoms with van der Waals surface area (Å²) in [6.07, 6.45) is 0.234. The van der Waals surface area contributed by atoms with E-state index < -0.39 is 0 Å². The van der Waals surface area contributed by atoms with Crippen LogP contribution in [0.15, 0.2) is 48.5 Å². The van der Waals surface area contributed by atoms with Gasteiger partial charge in [-0.2, -0.15) is 0 Å². The quantitative estimate of drug-likeness (QED) is 0.802. The lowest BCUT2D eigenvalue weighted by Gasteiger charge is -2.06. The van der Waals surface area contributed by atoms with Crippen molar-refractivity contribution in [2.75, 3.05) is 5.32 Å². The molecule has 5 heteroatoms. The monoisotopic (exact) mass is 317 g/mol. The zero-order valence-corrected chi connectivity index (χ0v) is 12.6. The van der Waals surface area contributed by atoms with Crippen molar-refractivity contribution in [1.29, 1.82) is 0 Å². The highest BCUT2D eigenvalue weighted by Crippen LogP contribution is 2.14. The highest BCUT2D eigenvalue weighted by Gasteiger charge is 2.09. The molecule has 2 aromatic rings. The fourth-order valence-electron chi connectivity index (χ4n) is 1.98. The number of hydrogen-bond acceptors (Lipinski definition) is 3. The largest absolute Gasteiger partial charge is 0.392 e. The number of rotatable bonds is 6. The first kappa shape index (κ1) is 16.2. The van der Waals surface area contributed by atoms with Crippen LogP contribution in [0.4, 0.5) is 5.69 Å². The second-order valence-electron chi connectivity index (χ2n) is 4.84. The summed E-state index contributed by atoms with van der Waals surface area (Å²) in [6.45, 7) is -0.0846. The summed E-state index contributed by atoms with van der Waals surface area (Å²) in [6, 6.07) is 13.5. The van der Waals surface area contributed by atoms with Crippen molar-refractivity contribution in [2.24, 2.45) is 0 Å². The van der Waals surface area contributed by atoms with Crippen LogP contribution in [0.1, 0.15) is 28.8 Å². The van der Waals surface area contributed by atoms with Gasteiger partial charge in [0.1, 0.15) is 0 Å². The number of hydrogen-bond donors (Lipinski definition) is 2. The number of nitrogens with one attached hydrogen (secondary N) is 1. The third-order valence-corrected chi connectivity index (χ3v) is 3.39. The number of aliphatic hydroxyl groups is 1. The number of carbonyl (C=O) groups excluding carboxylic acids is 2. The molecule has 2 aromatic carbocycles. The molecule has 0 aliphatic carbocycles. The molecule has 0 aliphatic rings. The van der Waals surface area contributed by atoms with Crippen molar-refractivity contribution in [1.82, 2.24) is 0 Å². The zero-order chi connectivity index (χ0) is 15.9. The molecule has 0 spiro atoms. The number of ketones is 1. The van der Waals surface area contributed by atoms with E-state index in [-0.39, 0.29) is 31.1 Å². The van der Waals surface area contributed by atoms with Crippen molar-refractivity contribution in [3.63, 3.8) is 0 Å². The lowest BCUT2D eigenvalue weighted by atomic mass is 10.1. The number of carbonyl (C=O) groups is 2. The van der Waals surface area contributed by atoms with Crippen LogP contribution < -0.4 is 5.32 Å². The fourth-order valence-corrected chi connectivity index (χ4v) is 2.10. The molecule has 0 radical (unpaired) electrons. The third kappa shape index (κ3) is 4.69. The molecular formula is C17H16ClNO3. The van der Waals surface area contributed by atoms with Crippen LogP contribution in [0, 0.1) is 0 Å². The van der Waals surface area contributed by atoms with Gasteiger partial charge in [0.05, 0.1) is 6.61 Å². The van der Waals surface area contributed by atoms with Gasteiger partial charge in [0, 0.05) is 29.1 Å². The van der Waals surface area contributed by atoms with Crippen molar-refractivity contribution >= 4 is 29.0 Å². The molecule has 2 rings (SSSR count). The second kappa shape index (κ2) is 7.73. The molecule has 0 aliphatic heterocycles. The topological polar surface area (TPSA) is 66.4 Å². The van der Waals surface area contributed by atoms with E-state index >= 15 is 0 Å². The highest BCUT2D eigenvalue weighted by atomic mass is 35.5. The van der Waals surface area contributed by atoms with Gasteiger partial charge in [-0.05, 0) is 42.0 Å². The van der Waals surface area contributed by atoms with E-state index in [1.165, 1.54) is 0 Å². The van der Waals surface area contributed by atoms with E-state index in [0.29, 0.717) is 16.3 Å². The lowest BCUT2D eigenvalue weighted by Crippen LogP contribution is -2.13. The Hall–Kier alpha value is -2.17. The van der Waals surface area contributed by atoms with Crippen LogP contribution in [-0.2, 0) is 11.4 Å². The first-order valence-electron chi connectivity index (χ1n) is 6.87. The van der Waals surface area contributed by atoms with Gasteiger partial charge in [-0.25, -0.2) is 0 Å². The molecule has 0 bridgehead atoms. The van der Waals surface area contributed by atoms with Gasteiger partial charge in [0.15, 0.2) is 5.78 Å². The molecule has 0 atom stereocenters. The number of anilines is 1. The van der Waals surface area contributed by atoms with Crippen LogP contribution in [-0.4, -0.2) is 16.8 Å². The molecular weight excluding hydrogens is 302 g/mol. The molecule has 0 aromatic heterocycles. The zero-order valence-electron chi connectivity index (χ0n) is 11.9. The van der Waals surface area contributed by atoms with Gasteiger partial charge < -0.3 is 10.4 Å². The van der Waals surface area contributed by atoms with Crippen molar-refractivity contribution < 1.29 is 14.7 Å². The standard InChI is InChI=1S/C17H16ClNO3/c18-14-6-4-13(5-7-14)16(21)8-9-17(22)19-15-3-1-2-12(10-15)11-20/h1-7,10,20H,8-9,11H2,(H,19,22). The predicted octanol–water partition coefficient (Wildman–Crippen LogP) is 3.43. The summed E-state index contributed by atoms with van der Waals surface area (Å²) < 4.78 is 0. The van der Waals surface area contributed by atoms with Gasteiger partial charge in [0.2, 0.25) is 5.91 Å². The van der Waals surface area contributed by atoms with E-state index in [0.717, 1.165) is 5.56 Å². The molecule has 0 saturated heterocycles. The van der Waals surface area contributed by atoms with Crippen LogP contribution in [0.25, 0.3) is 0 Å². The molecule has 0 saturated carbocycles. The minimum Gasteiger partial charge on any atom is -0.392 e. The van der Waals surface area contributed by atoms with Gasteiger partial charge in [-0.1, -0.05) is 23.7 Å². The van der Waals surface area contributed by atoms with E-state index in [1.807, 2.05) is 0 Å². The van der Waals surface area contributed by atoms with Crippen molar-refractivity contribution in [2.45, 2.75) is 19.4 Å². The molecule has 0 unspecified atom stereocenters. The van der Waals surface area contributed by atoms with E-state index in [1.54, 1.807) is 48.5 Å². The Morgan fingerprint density at radius 2 is 1.77 bits per heavy atom. The number of benzene rings is 2. The van der Waals surface area contributed by atoms with E-state index in [2.05, 4.69) is 5.32 Å². The van der Waals surface area contributed by atoms with Crippen LogP contribution in [0.2, 0.25) is 5.02 Å². The maximum Gasteiger partial charge on any atom is 0.224 e. The summed E-state index contributed by atoms with van der Waals surface area (Å²) in [5.41, 5.74) is 1.87. The number of Topliss-reactive ketones (excluding diaryl/α,β-unsaturated/α-hetero) is 1. The molecule has 4 nitrogen and oxygen atoms in total. The van der Waals surface area contributed by atoms with Crippen molar-refractivity contribution in [3.8, 4) is 0 Å². The molecule has 0 fully saturated rings. The first-order valence-corrected chi connectivity index (χ1v) is 7.24. The minimum atomic E-state index is -0.239. The average Bonchev–Trinajstić information content (AvgIpc) is 2.53. The Labute approximate surface area is 133 Å². The summed E-state index contributed by atoms with van der Waals surface area (Å²) >= 11 is 5.77. The van der Waals surface area contributed by atoms with E-state index in [4.69, 9.17) is 16.7 Å². The predicted molar refractivity (Wildman–Crippen MR) is 86.0 cm³/mol. The van der Waals surface area contributed by atoms with Gasteiger partial charge in [-0.3, -0.25) is 9.59 Å². The number of amides is 1. The molecule has 114 valence electrons. The van der Waals surface area contributed by atoms with Crippen LogP contribution in [0.3, 0.4) is 0 Å². The Morgan fingerprint density at radius 1 is 1.05 bits per heavy atom. The maximum absolute atomic E-state index is 12.0. The number of aliphatic hydroxyl groups excluding tert-OH is 1. The second-order valence-corrected chi connectivity index (χ2v) is 5.27. The summed E-state index contributed by atoms with van der Waals surface area (Å²) in [5, 5.41) is 12.3. The Bertz CT molecular complexity index is 668. The summed E-state index contributed by atoms with van der Waals surface area (Å²) in [4.78, 5) is 23.8. The Balaban J connectivity index is 1.87. The molecule has 0 heterocycles. The third-order valence-electron chi connectivity index (χ3n) is 3.14. The minimum absolute atomic E-state index is 0.0846. The lowest BCUT2D eigenvalue weighted by molar-refractivity contribution is -0.116. The SMILES string of the molecule is O=C(CCC(=O)c1ccc(Cl)cc1)Nc1cccc(CO)c1. The van der Waals surface area contributed by atoms with Gasteiger partial charge in [-0.15, -0.1) is 0 Å². The fraction of sp³-hybridized carbons (Fsp3) is 0.176. The molecule has 1 amide bonds. The van der Waals surface area contributed by atoms with Crippen LogP contribution >= 0.6 is 11.6 Å². The normalized spacial score (nSPS) is 10.3. The molecule has 22 heavy (non-hydrogen) atoms. The van der Waals surface area contributed by atoms with Gasteiger partial charge in [0.25, 0.3) is 0 Å². The Kier molecular flexibility index (Phi) is 5.69. The van der Waals surface area contributed by atoms with E-state index in [9.17, 15) is 9.59 Å². The number of halogens is 1. The smallest absolute Gasteiger partial charge is 0.224 e. The summed E-state index contributed by atoms with van der Waals surface area (Å²) in [7, 11) is 0. The molecule has 2 N–H and O–H groups in total. The average molecular weight is 318 g/mol. The van der Waals surface area contributed by atoms with Crippen molar-refractivity contribution in [3.05, 3.63) is 64.7 Å². The highest BCUT2D eigenvalue weighted by molar-refractivity contribution is 6.30. The summed E-state index contributed by atoms with van der Waals surface area (Å²) in [5.74, 6) is -0.340. The maximum atomic E-state index is 12.0. The Morgan fingerprint density at radius 3 is 2.45 bits per heavy atom.